The van der Waals surface area contributed by atoms with Gasteiger partial charge in [-0.1, -0.05) is 70.2 Å². The molecule has 1 N–H and O–H groups in total. The highest BCUT2D eigenvalue weighted by Gasteiger charge is 2.18. The number of para-hydroxylation sites is 1. The summed E-state index contributed by atoms with van der Waals surface area (Å²) in [4.78, 5) is 32.5. The van der Waals surface area contributed by atoms with Crippen LogP contribution in [0.3, 0.4) is 0 Å². The number of benzene rings is 1. The summed E-state index contributed by atoms with van der Waals surface area (Å²) in [7, 11) is 0. The van der Waals surface area contributed by atoms with Crippen molar-refractivity contribution in [3.8, 4) is 5.75 Å². The smallest absolute Gasteiger partial charge is 0.373 e. The van der Waals surface area contributed by atoms with Gasteiger partial charge in [0.1, 0.15) is 5.75 Å². The van der Waals surface area contributed by atoms with Crippen molar-refractivity contribution in [3.05, 3.63) is 47.6 Å². The molecule has 0 atom stereocenters. The van der Waals surface area contributed by atoms with Crippen LogP contribution in [0.2, 0.25) is 0 Å². The summed E-state index contributed by atoms with van der Waals surface area (Å²) >= 11 is 0. The van der Waals surface area contributed by atoms with Crippen molar-refractivity contribution in [1.29, 1.82) is 0 Å². The Hall–Kier alpha value is -2.60. The number of carbonyl (C=O) groups excluding carboxylic acids is 2. The van der Waals surface area contributed by atoms with Gasteiger partial charge < -0.3 is 5.11 Å². The van der Waals surface area contributed by atoms with Crippen molar-refractivity contribution in [2.24, 2.45) is 0 Å². The average molecular weight is 405 g/mol. The van der Waals surface area contributed by atoms with Crippen LogP contribution in [-0.4, -0.2) is 17.0 Å². The van der Waals surface area contributed by atoms with E-state index >= 15 is 0 Å². The highest BCUT2D eigenvalue weighted by Crippen LogP contribution is 2.32. The van der Waals surface area contributed by atoms with Crippen LogP contribution in [0.25, 0.3) is 5.57 Å². The maximum absolute atomic E-state index is 12.3. The molecule has 29 heavy (non-hydrogen) atoms. The number of aromatic hydroxyl groups is 1. The summed E-state index contributed by atoms with van der Waals surface area (Å²) in [5.74, 6) is -1.53. The van der Waals surface area contributed by atoms with Crippen LogP contribution in [-0.2, 0) is 24.4 Å². The molecule has 0 aromatic heterocycles. The molecule has 0 saturated heterocycles. The van der Waals surface area contributed by atoms with E-state index in [1.165, 1.54) is 32.6 Å². The van der Waals surface area contributed by atoms with Crippen molar-refractivity contribution in [1.82, 2.24) is 0 Å². The Bertz CT molecular complexity index is 720. The van der Waals surface area contributed by atoms with Crippen molar-refractivity contribution < 1.29 is 29.5 Å². The molecule has 0 bridgehead atoms. The second-order valence-corrected chi connectivity index (χ2v) is 7.08. The highest BCUT2D eigenvalue weighted by atomic mass is 17.5. The van der Waals surface area contributed by atoms with E-state index in [1.807, 2.05) is 0 Å². The fraction of sp³-hybridized carbons (Fsp3) is 0.478. The van der Waals surface area contributed by atoms with Gasteiger partial charge in [-0.3, -0.25) is 9.78 Å². The van der Waals surface area contributed by atoms with E-state index in [-0.39, 0.29) is 16.9 Å². The van der Waals surface area contributed by atoms with E-state index in [4.69, 9.17) is 0 Å². The summed E-state index contributed by atoms with van der Waals surface area (Å²) in [6.07, 6.45) is 8.57. The molecule has 0 aliphatic rings. The van der Waals surface area contributed by atoms with Crippen LogP contribution in [0.15, 0.2) is 42.0 Å². The lowest BCUT2D eigenvalue weighted by Crippen LogP contribution is -2.12. The maximum atomic E-state index is 12.3. The van der Waals surface area contributed by atoms with E-state index in [2.05, 4.69) is 28.3 Å². The molecular formula is C23H32O6. The van der Waals surface area contributed by atoms with E-state index in [9.17, 15) is 14.7 Å². The zero-order valence-electron chi connectivity index (χ0n) is 17.7. The SMILES string of the molecule is C=C(C)C(=O)OOOC(=O)/C(C)=C(\CCCCCCCCC)c1ccccc1O. The van der Waals surface area contributed by atoms with E-state index in [0.29, 0.717) is 17.6 Å². The van der Waals surface area contributed by atoms with Gasteiger partial charge >= 0.3 is 11.9 Å². The van der Waals surface area contributed by atoms with E-state index in [0.717, 1.165) is 19.3 Å². The average Bonchev–Trinajstić information content (AvgIpc) is 2.70. The Kier molecular flexibility index (Phi) is 11.4. The summed E-state index contributed by atoms with van der Waals surface area (Å²) in [5, 5.41) is 14.5. The molecule has 0 spiro atoms. The fourth-order valence-electron chi connectivity index (χ4n) is 2.85. The summed E-state index contributed by atoms with van der Waals surface area (Å²) in [5.41, 5.74) is 1.65. The van der Waals surface area contributed by atoms with Crippen molar-refractivity contribution in [3.63, 3.8) is 0 Å². The molecule has 0 heterocycles. The van der Waals surface area contributed by atoms with Crippen LogP contribution < -0.4 is 0 Å². The van der Waals surface area contributed by atoms with E-state index < -0.39 is 11.9 Å². The first-order valence-electron chi connectivity index (χ1n) is 10.1. The van der Waals surface area contributed by atoms with Crippen LogP contribution in [0.5, 0.6) is 5.75 Å². The first-order chi connectivity index (χ1) is 13.9. The second-order valence-electron chi connectivity index (χ2n) is 7.08. The fourth-order valence-corrected chi connectivity index (χ4v) is 2.85. The summed E-state index contributed by atoms with van der Waals surface area (Å²) < 4.78 is 0. The number of allylic oxidation sites excluding steroid dienone is 1. The van der Waals surface area contributed by atoms with Gasteiger partial charge in [0.05, 0.1) is 0 Å². The summed E-state index contributed by atoms with van der Waals surface area (Å²) in [6.45, 7) is 8.62. The van der Waals surface area contributed by atoms with Crippen LogP contribution >= 0.6 is 0 Å². The number of carbonyl (C=O) groups is 2. The molecule has 0 amide bonds. The molecular weight excluding hydrogens is 372 g/mol. The predicted molar refractivity (Wildman–Crippen MR) is 111 cm³/mol. The van der Waals surface area contributed by atoms with E-state index in [1.54, 1.807) is 31.2 Å². The Balaban J connectivity index is 2.78. The molecule has 160 valence electrons. The topological polar surface area (TPSA) is 82.1 Å². The van der Waals surface area contributed by atoms with Crippen molar-refractivity contribution in [2.45, 2.75) is 72.1 Å². The molecule has 0 radical (unpaired) electrons. The van der Waals surface area contributed by atoms with Crippen molar-refractivity contribution in [2.75, 3.05) is 0 Å². The lowest BCUT2D eigenvalue weighted by atomic mass is 9.94. The van der Waals surface area contributed by atoms with Gasteiger partial charge in [-0.15, -0.1) is 0 Å². The van der Waals surface area contributed by atoms with Gasteiger partial charge in [-0.25, -0.2) is 9.59 Å². The predicted octanol–water partition coefficient (Wildman–Crippen LogP) is 5.82. The largest absolute Gasteiger partial charge is 0.507 e. The summed E-state index contributed by atoms with van der Waals surface area (Å²) in [6, 6.07) is 6.84. The van der Waals surface area contributed by atoms with Gasteiger partial charge in [-0.05, 0) is 38.3 Å². The standard InChI is InChI=1S/C23H32O6/c1-5-6-7-8-9-10-11-14-19(20-15-12-13-16-21(20)24)18(4)23(26)28-29-27-22(25)17(2)3/h12-13,15-16,24H,2,5-11,14H2,1,3-4H3/b19-18+. The molecule has 6 heteroatoms. The first kappa shape index (κ1) is 24.4. The molecule has 0 saturated carbocycles. The first-order valence-corrected chi connectivity index (χ1v) is 10.1. The third kappa shape index (κ3) is 8.96. The van der Waals surface area contributed by atoms with Gasteiger partial charge in [0.2, 0.25) is 0 Å². The molecule has 6 nitrogen and oxygen atoms in total. The van der Waals surface area contributed by atoms with Crippen LogP contribution in [0, 0.1) is 0 Å². The Morgan fingerprint density at radius 3 is 2.14 bits per heavy atom. The number of hydrogen-bond acceptors (Lipinski definition) is 6. The lowest BCUT2D eigenvalue weighted by molar-refractivity contribution is -0.456. The third-order valence-corrected chi connectivity index (χ3v) is 4.59. The molecule has 0 aliphatic carbocycles. The minimum Gasteiger partial charge on any atom is -0.507 e. The van der Waals surface area contributed by atoms with Crippen LogP contribution in [0.1, 0.15) is 77.7 Å². The van der Waals surface area contributed by atoms with Gasteiger partial charge in [0, 0.05) is 21.7 Å². The van der Waals surface area contributed by atoms with Gasteiger partial charge in [0.15, 0.2) is 0 Å². The third-order valence-electron chi connectivity index (χ3n) is 4.59. The molecule has 1 rings (SSSR count). The lowest BCUT2D eigenvalue weighted by Gasteiger charge is -2.13. The Morgan fingerprint density at radius 2 is 1.52 bits per heavy atom. The number of phenols is 1. The minimum absolute atomic E-state index is 0.0900. The van der Waals surface area contributed by atoms with Gasteiger partial charge in [0.25, 0.3) is 0 Å². The van der Waals surface area contributed by atoms with Crippen molar-refractivity contribution >= 4 is 17.5 Å². The second kappa shape index (κ2) is 13.6. The molecule has 0 unspecified atom stereocenters. The Morgan fingerprint density at radius 1 is 0.931 bits per heavy atom. The number of hydrogen-bond donors (Lipinski definition) is 1. The monoisotopic (exact) mass is 404 g/mol. The number of unbranched alkanes of at least 4 members (excludes halogenated alkanes) is 6. The van der Waals surface area contributed by atoms with Crippen LogP contribution in [0.4, 0.5) is 0 Å². The quantitative estimate of drug-likeness (QED) is 0.193. The number of rotatable bonds is 13. The Labute approximate surface area is 173 Å². The molecule has 0 aliphatic heterocycles. The number of phenolic OH excluding ortho intramolecular Hbond substituents is 1. The maximum Gasteiger partial charge on any atom is 0.373 e. The molecule has 1 aromatic carbocycles. The molecule has 1 aromatic rings. The van der Waals surface area contributed by atoms with Gasteiger partial charge in [-0.2, -0.15) is 0 Å². The minimum atomic E-state index is -0.830. The normalized spacial score (nSPS) is 11.6. The zero-order valence-corrected chi connectivity index (χ0v) is 17.7. The highest BCUT2D eigenvalue weighted by molar-refractivity contribution is 5.97. The zero-order chi connectivity index (χ0) is 21.6. The molecule has 0 fully saturated rings.